The number of carbonyl (C=O) groups is 3. The van der Waals surface area contributed by atoms with Crippen LogP contribution < -0.4 is 0 Å². The van der Waals surface area contributed by atoms with Crippen molar-refractivity contribution in [1.29, 1.82) is 0 Å². The van der Waals surface area contributed by atoms with Gasteiger partial charge in [0.1, 0.15) is 6.61 Å². The van der Waals surface area contributed by atoms with Crippen LogP contribution in [-0.2, 0) is 19.1 Å². The van der Waals surface area contributed by atoms with Crippen LogP contribution in [0.3, 0.4) is 0 Å². The summed E-state index contributed by atoms with van der Waals surface area (Å²) in [5.41, 5.74) is 0.829. The molecule has 7 heteroatoms. The molecule has 1 amide bonds. The fourth-order valence-corrected chi connectivity index (χ4v) is 0.874. The summed E-state index contributed by atoms with van der Waals surface area (Å²) in [5.74, 6) is -0.779. The molecule has 0 spiro atoms. The lowest BCUT2D eigenvalue weighted by Gasteiger charge is -2.14. The van der Waals surface area contributed by atoms with Crippen LogP contribution in [0.15, 0.2) is 24.3 Å². The highest BCUT2D eigenvalue weighted by molar-refractivity contribution is 5.88. The molecule has 0 rings (SSSR count). The van der Waals surface area contributed by atoms with Gasteiger partial charge in [-0.05, 0) is 12.8 Å². The molecule has 1 N–H and O–H groups in total. The molecule has 126 valence electrons. The highest BCUT2D eigenvalue weighted by Gasteiger charge is 2.12. The van der Waals surface area contributed by atoms with Crippen LogP contribution in [0.2, 0.25) is 0 Å². The summed E-state index contributed by atoms with van der Waals surface area (Å²) in [6.45, 7) is 12.4. The lowest BCUT2D eigenvalue weighted by molar-refractivity contribution is -0.140. The summed E-state index contributed by atoms with van der Waals surface area (Å²) in [6, 6.07) is 0. The number of nitrogens with zero attached hydrogens (tertiary/aromatic N) is 1. The molecule has 0 heterocycles. The van der Waals surface area contributed by atoms with Crippen molar-refractivity contribution in [1.82, 2.24) is 4.90 Å². The van der Waals surface area contributed by atoms with Crippen LogP contribution in [-0.4, -0.2) is 55.3 Å². The second-order valence-corrected chi connectivity index (χ2v) is 4.79. The molecule has 0 fully saturated rings. The topological polar surface area (TPSA) is 93.1 Å². The summed E-state index contributed by atoms with van der Waals surface area (Å²) >= 11 is 0. The van der Waals surface area contributed by atoms with Crippen molar-refractivity contribution in [2.75, 3.05) is 27.3 Å². The van der Waals surface area contributed by atoms with Gasteiger partial charge in [0.25, 0.3) is 0 Å². The summed E-state index contributed by atoms with van der Waals surface area (Å²) in [5, 5.41) is 8.51. The first-order valence-electron chi connectivity index (χ1n) is 6.58. The SMILES string of the molecule is C=C(C(=O)OCCN(C)C(=O)O)C(C)C.C=C(C)C(=O)OC. The monoisotopic (exact) mass is 315 g/mol. The Bertz CT molecular complexity index is 428. The molecule has 7 nitrogen and oxygen atoms in total. The van der Waals surface area contributed by atoms with Crippen LogP contribution in [0.5, 0.6) is 0 Å². The number of rotatable bonds is 6. The van der Waals surface area contributed by atoms with Gasteiger partial charge in [-0.3, -0.25) is 0 Å². The van der Waals surface area contributed by atoms with Crippen molar-refractivity contribution in [3.63, 3.8) is 0 Å². The van der Waals surface area contributed by atoms with Crippen molar-refractivity contribution in [3.05, 3.63) is 24.3 Å². The molecular weight excluding hydrogens is 290 g/mol. The first kappa shape index (κ1) is 22.0. The minimum Gasteiger partial charge on any atom is -0.466 e. The smallest absolute Gasteiger partial charge is 0.407 e. The quantitative estimate of drug-likeness (QED) is 0.596. The Hall–Kier alpha value is -2.31. The molecule has 0 aliphatic carbocycles. The van der Waals surface area contributed by atoms with Gasteiger partial charge in [0.15, 0.2) is 0 Å². The van der Waals surface area contributed by atoms with Crippen molar-refractivity contribution < 1.29 is 29.0 Å². The van der Waals surface area contributed by atoms with E-state index in [1.54, 1.807) is 6.92 Å². The van der Waals surface area contributed by atoms with E-state index in [2.05, 4.69) is 17.9 Å². The molecule has 0 saturated heterocycles. The zero-order valence-electron chi connectivity index (χ0n) is 13.8. The van der Waals surface area contributed by atoms with Crippen LogP contribution in [0.1, 0.15) is 20.8 Å². The number of carbonyl (C=O) groups excluding carboxylic acids is 2. The van der Waals surface area contributed by atoms with Gasteiger partial charge < -0.3 is 19.5 Å². The molecular formula is C15H25NO6. The number of likely N-dealkylation sites (N-methyl/N-ethyl adjacent to an activating group) is 1. The second-order valence-electron chi connectivity index (χ2n) is 4.79. The lowest BCUT2D eigenvalue weighted by atomic mass is 10.1. The molecule has 0 aliphatic heterocycles. The van der Waals surface area contributed by atoms with E-state index in [0.29, 0.717) is 11.1 Å². The maximum absolute atomic E-state index is 11.2. The van der Waals surface area contributed by atoms with Crippen molar-refractivity contribution in [3.8, 4) is 0 Å². The van der Waals surface area contributed by atoms with Gasteiger partial charge in [0.2, 0.25) is 0 Å². The van der Waals surface area contributed by atoms with Crippen LogP contribution in [0.25, 0.3) is 0 Å². The molecule has 0 bridgehead atoms. The predicted octanol–water partition coefficient (Wildman–Crippen LogP) is 2.09. The molecule has 0 saturated carbocycles. The summed E-state index contributed by atoms with van der Waals surface area (Å²) in [6.07, 6.45) is -1.05. The zero-order chi connectivity index (χ0) is 17.9. The number of esters is 2. The van der Waals surface area contributed by atoms with Crippen LogP contribution >= 0.6 is 0 Å². The number of hydrogen-bond acceptors (Lipinski definition) is 5. The third-order valence-electron chi connectivity index (χ3n) is 2.48. The minimum absolute atomic E-state index is 0.0368. The van der Waals surface area contributed by atoms with Crippen molar-refractivity contribution in [2.24, 2.45) is 5.92 Å². The predicted molar refractivity (Wildman–Crippen MR) is 82.4 cm³/mol. The average molecular weight is 315 g/mol. The fourth-order valence-electron chi connectivity index (χ4n) is 0.874. The highest BCUT2D eigenvalue weighted by Crippen LogP contribution is 2.08. The number of carboxylic acid groups (broad SMARTS) is 1. The van der Waals surface area contributed by atoms with E-state index in [1.807, 2.05) is 13.8 Å². The van der Waals surface area contributed by atoms with E-state index in [9.17, 15) is 14.4 Å². The first-order valence-corrected chi connectivity index (χ1v) is 6.58. The molecule has 0 atom stereocenters. The third-order valence-corrected chi connectivity index (χ3v) is 2.48. The van der Waals surface area contributed by atoms with Gasteiger partial charge in [-0.2, -0.15) is 0 Å². The van der Waals surface area contributed by atoms with Gasteiger partial charge in [-0.25, -0.2) is 14.4 Å². The van der Waals surface area contributed by atoms with Crippen molar-refractivity contribution in [2.45, 2.75) is 20.8 Å². The minimum atomic E-state index is -1.05. The second kappa shape index (κ2) is 11.4. The fraction of sp³-hybridized carbons (Fsp3) is 0.533. The van der Waals surface area contributed by atoms with Crippen molar-refractivity contribution >= 4 is 18.0 Å². The number of hydrogen-bond donors (Lipinski definition) is 1. The molecule has 0 aromatic rings. The van der Waals surface area contributed by atoms with Gasteiger partial charge >= 0.3 is 18.0 Å². The largest absolute Gasteiger partial charge is 0.466 e. The van der Waals surface area contributed by atoms with Gasteiger partial charge in [-0.1, -0.05) is 27.0 Å². The molecule has 0 aromatic heterocycles. The third kappa shape index (κ3) is 10.5. The average Bonchev–Trinajstić information content (AvgIpc) is 2.45. The van der Waals surface area contributed by atoms with E-state index in [4.69, 9.17) is 9.84 Å². The Morgan fingerprint density at radius 3 is 1.95 bits per heavy atom. The summed E-state index contributed by atoms with van der Waals surface area (Å²) in [4.78, 5) is 32.9. The zero-order valence-corrected chi connectivity index (χ0v) is 13.8. The Morgan fingerprint density at radius 1 is 1.18 bits per heavy atom. The van der Waals surface area contributed by atoms with Gasteiger partial charge in [-0.15, -0.1) is 0 Å². The van der Waals surface area contributed by atoms with E-state index < -0.39 is 12.1 Å². The highest BCUT2D eigenvalue weighted by atomic mass is 16.5. The molecule has 0 radical (unpaired) electrons. The van der Waals surface area contributed by atoms with E-state index in [-0.39, 0.29) is 25.0 Å². The lowest BCUT2D eigenvalue weighted by Crippen LogP contribution is -2.29. The Balaban J connectivity index is 0. The molecule has 0 unspecified atom stereocenters. The van der Waals surface area contributed by atoms with Gasteiger partial charge in [0.05, 0.1) is 13.7 Å². The molecule has 22 heavy (non-hydrogen) atoms. The number of amides is 1. The van der Waals surface area contributed by atoms with Crippen LogP contribution in [0.4, 0.5) is 4.79 Å². The number of methoxy groups -OCH3 is 1. The normalized spacial score (nSPS) is 9.18. The van der Waals surface area contributed by atoms with E-state index >= 15 is 0 Å². The van der Waals surface area contributed by atoms with Gasteiger partial charge in [0, 0.05) is 18.2 Å². The summed E-state index contributed by atoms with van der Waals surface area (Å²) < 4.78 is 9.12. The Kier molecular flexibility index (Phi) is 11.3. The Morgan fingerprint density at radius 2 is 1.68 bits per heavy atom. The Labute approximate surface area is 131 Å². The maximum atomic E-state index is 11.2. The van der Waals surface area contributed by atoms with Crippen LogP contribution in [0, 0.1) is 5.92 Å². The summed E-state index contributed by atoms with van der Waals surface area (Å²) in [7, 11) is 2.74. The van der Waals surface area contributed by atoms with E-state index in [0.717, 1.165) is 4.90 Å². The molecule has 0 aliphatic rings. The first-order chi connectivity index (χ1) is 10.0. The standard InChI is InChI=1S/C10H17NO4.C5H8O2/c1-7(2)8(3)9(12)15-6-5-11(4)10(13)14;1-4(2)5(6)7-3/h7H,3,5-6H2,1-2,4H3,(H,13,14);1H2,2-3H3. The molecule has 0 aromatic carbocycles. The number of ether oxygens (including phenoxy) is 2. The maximum Gasteiger partial charge on any atom is 0.407 e. The van der Waals surface area contributed by atoms with E-state index in [1.165, 1.54) is 14.2 Å².